The maximum atomic E-state index is 11.8. The molecule has 1 fully saturated rings. The van der Waals surface area contributed by atoms with Gasteiger partial charge >= 0.3 is 0 Å². The molecular weight excluding hydrogens is 242 g/mol. The van der Waals surface area contributed by atoms with Gasteiger partial charge in [-0.1, -0.05) is 29.8 Å². The molecular formula is C11H20BrNO. The molecule has 1 amide bonds. The van der Waals surface area contributed by atoms with Crippen LogP contribution in [0.3, 0.4) is 0 Å². The summed E-state index contributed by atoms with van der Waals surface area (Å²) >= 11 is 3.47. The highest BCUT2D eigenvalue weighted by molar-refractivity contribution is 9.09. The molecule has 1 unspecified atom stereocenters. The summed E-state index contributed by atoms with van der Waals surface area (Å²) in [6, 6.07) is 0.453. The Balaban J connectivity index is 2.35. The zero-order valence-corrected chi connectivity index (χ0v) is 10.7. The highest BCUT2D eigenvalue weighted by atomic mass is 79.9. The van der Waals surface area contributed by atoms with Crippen molar-refractivity contribution < 1.29 is 4.79 Å². The molecule has 0 aromatic rings. The van der Waals surface area contributed by atoms with E-state index < -0.39 is 0 Å². The van der Waals surface area contributed by atoms with E-state index in [-0.39, 0.29) is 0 Å². The summed E-state index contributed by atoms with van der Waals surface area (Å²) in [5.74, 6) is 0.977. The molecule has 1 rings (SSSR count). The summed E-state index contributed by atoms with van der Waals surface area (Å²) in [5, 5.41) is 0.931. The van der Waals surface area contributed by atoms with Crippen molar-refractivity contribution in [1.29, 1.82) is 0 Å². The van der Waals surface area contributed by atoms with Gasteiger partial charge in [-0.2, -0.15) is 0 Å². The third-order valence-electron chi connectivity index (χ3n) is 2.81. The number of hydrogen-bond acceptors (Lipinski definition) is 1. The Morgan fingerprint density at radius 1 is 1.57 bits per heavy atom. The van der Waals surface area contributed by atoms with Crippen molar-refractivity contribution in [3.8, 4) is 0 Å². The first kappa shape index (κ1) is 12.0. The zero-order chi connectivity index (χ0) is 10.6. The SMILES string of the molecule is CC(C)CCC(=O)N1CCCC1CBr. The Bertz CT molecular complexity index is 194. The van der Waals surface area contributed by atoms with Gasteiger partial charge in [0.25, 0.3) is 0 Å². The molecule has 1 aliphatic rings. The Kier molecular flexibility index (Phi) is 4.93. The molecule has 82 valence electrons. The van der Waals surface area contributed by atoms with Gasteiger partial charge in [0.2, 0.25) is 5.91 Å². The number of alkyl halides is 1. The minimum Gasteiger partial charge on any atom is -0.339 e. The second-order valence-electron chi connectivity index (χ2n) is 4.47. The summed E-state index contributed by atoms with van der Waals surface area (Å²) in [4.78, 5) is 13.9. The van der Waals surface area contributed by atoms with Crippen molar-refractivity contribution in [3.63, 3.8) is 0 Å². The molecule has 3 heteroatoms. The first-order valence-electron chi connectivity index (χ1n) is 5.50. The van der Waals surface area contributed by atoms with E-state index in [0.717, 1.165) is 24.7 Å². The van der Waals surface area contributed by atoms with E-state index in [0.29, 0.717) is 17.9 Å². The number of likely N-dealkylation sites (tertiary alicyclic amines) is 1. The van der Waals surface area contributed by atoms with Crippen molar-refractivity contribution in [2.75, 3.05) is 11.9 Å². The Hall–Kier alpha value is -0.0500. The fourth-order valence-corrected chi connectivity index (χ4v) is 2.55. The van der Waals surface area contributed by atoms with E-state index in [9.17, 15) is 4.79 Å². The molecule has 0 aromatic heterocycles. The molecule has 1 aliphatic heterocycles. The molecule has 1 saturated heterocycles. The average Bonchev–Trinajstić information content (AvgIpc) is 2.61. The monoisotopic (exact) mass is 261 g/mol. The zero-order valence-electron chi connectivity index (χ0n) is 9.13. The van der Waals surface area contributed by atoms with Crippen LogP contribution in [0.2, 0.25) is 0 Å². The van der Waals surface area contributed by atoms with Gasteiger partial charge in [-0.25, -0.2) is 0 Å². The molecule has 1 heterocycles. The first-order valence-corrected chi connectivity index (χ1v) is 6.62. The van der Waals surface area contributed by atoms with Crippen LogP contribution in [-0.2, 0) is 4.79 Å². The molecule has 0 bridgehead atoms. The minimum absolute atomic E-state index is 0.348. The number of carbonyl (C=O) groups excluding carboxylic acids is 1. The van der Waals surface area contributed by atoms with E-state index in [4.69, 9.17) is 0 Å². The largest absolute Gasteiger partial charge is 0.339 e. The summed E-state index contributed by atoms with van der Waals surface area (Å²) in [6.45, 7) is 5.30. The second kappa shape index (κ2) is 5.74. The highest BCUT2D eigenvalue weighted by Gasteiger charge is 2.27. The topological polar surface area (TPSA) is 20.3 Å². The number of hydrogen-bond donors (Lipinski definition) is 0. The van der Waals surface area contributed by atoms with E-state index >= 15 is 0 Å². The lowest BCUT2D eigenvalue weighted by Crippen LogP contribution is -2.36. The molecule has 2 nitrogen and oxygen atoms in total. The van der Waals surface area contributed by atoms with Crippen LogP contribution in [0.25, 0.3) is 0 Å². The molecule has 0 saturated carbocycles. The second-order valence-corrected chi connectivity index (χ2v) is 5.12. The van der Waals surface area contributed by atoms with Gasteiger partial charge < -0.3 is 4.90 Å². The first-order chi connectivity index (χ1) is 6.65. The smallest absolute Gasteiger partial charge is 0.222 e. The van der Waals surface area contributed by atoms with Crippen LogP contribution in [-0.4, -0.2) is 28.7 Å². The fourth-order valence-electron chi connectivity index (χ4n) is 1.88. The number of amides is 1. The van der Waals surface area contributed by atoms with Crippen LogP contribution in [0, 0.1) is 5.92 Å². The molecule has 1 atom stereocenters. The standard InChI is InChI=1S/C11H20BrNO/c1-9(2)5-6-11(14)13-7-3-4-10(13)8-12/h9-10H,3-8H2,1-2H3. The molecule has 0 aliphatic carbocycles. The number of carbonyl (C=O) groups is 1. The fraction of sp³-hybridized carbons (Fsp3) is 0.909. The number of rotatable bonds is 4. The van der Waals surface area contributed by atoms with Gasteiger partial charge in [-0.3, -0.25) is 4.79 Å². The molecule has 0 spiro atoms. The van der Waals surface area contributed by atoms with Crippen molar-refractivity contribution in [2.45, 2.75) is 45.6 Å². The summed E-state index contributed by atoms with van der Waals surface area (Å²) in [6.07, 6.45) is 4.08. The summed E-state index contributed by atoms with van der Waals surface area (Å²) in [5.41, 5.74) is 0. The van der Waals surface area contributed by atoms with E-state index in [1.54, 1.807) is 0 Å². The lowest BCUT2D eigenvalue weighted by Gasteiger charge is -2.23. The van der Waals surface area contributed by atoms with Crippen LogP contribution >= 0.6 is 15.9 Å². The van der Waals surface area contributed by atoms with Crippen LogP contribution in [0.4, 0.5) is 0 Å². The molecule has 0 N–H and O–H groups in total. The van der Waals surface area contributed by atoms with Gasteiger partial charge in [-0.05, 0) is 25.2 Å². The van der Waals surface area contributed by atoms with Gasteiger partial charge in [0.15, 0.2) is 0 Å². The summed E-state index contributed by atoms with van der Waals surface area (Å²) < 4.78 is 0. The van der Waals surface area contributed by atoms with E-state index in [1.165, 1.54) is 12.8 Å². The average molecular weight is 262 g/mol. The van der Waals surface area contributed by atoms with Crippen LogP contribution in [0.5, 0.6) is 0 Å². The maximum absolute atomic E-state index is 11.8. The Morgan fingerprint density at radius 3 is 2.86 bits per heavy atom. The van der Waals surface area contributed by atoms with Crippen molar-refractivity contribution in [1.82, 2.24) is 4.90 Å². The van der Waals surface area contributed by atoms with Gasteiger partial charge in [-0.15, -0.1) is 0 Å². The predicted molar refractivity (Wildman–Crippen MR) is 62.6 cm³/mol. The van der Waals surface area contributed by atoms with Crippen LogP contribution < -0.4 is 0 Å². The highest BCUT2D eigenvalue weighted by Crippen LogP contribution is 2.20. The normalized spacial score (nSPS) is 22.0. The van der Waals surface area contributed by atoms with Crippen molar-refractivity contribution >= 4 is 21.8 Å². The predicted octanol–water partition coefficient (Wildman–Crippen LogP) is 2.81. The number of nitrogens with zero attached hydrogens (tertiary/aromatic N) is 1. The van der Waals surface area contributed by atoms with Gasteiger partial charge in [0, 0.05) is 24.3 Å². The third-order valence-corrected chi connectivity index (χ3v) is 3.56. The molecule has 0 radical (unpaired) electrons. The number of halogens is 1. The third kappa shape index (κ3) is 3.26. The lowest BCUT2D eigenvalue weighted by atomic mass is 10.1. The van der Waals surface area contributed by atoms with Crippen molar-refractivity contribution in [3.05, 3.63) is 0 Å². The summed E-state index contributed by atoms with van der Waals surface area (Å²) in [7, 11) is 0. The van der Waals surface area contributed by atoms with Crippen molar-refractivity contribution in [2.24, 2.45) is 5.92 Å². The quantitative estimate of drug-likeness (QED) is 0.713. The lowest BCUT2D eigenvalue weighted by molar-refractivity contribution is -0.131. The minimum atomic E-state index is 0.348. The molecule has 14 heavy (non-hydrogen) atoms. The van der Waals surface area contributed by atoms with Crippen LogP contribution in [0.1, 0.15) is 39.5 Å². The van der Waals surface area contributed by atoms with Crippen LogP contribution in [0.15, 0.2) is 0 Å². The van der Waals surface area contributed by atoms with E-state index in [1.807, 2.05) is 0 Å². The molecule has 0 aromatic carbocycles. The van der Waals surface area contributed by atoms with Gasteiger partial charge in [0.05, 0.1) is 0 Å². The van der Waals surface area contributed by atoms with Gasteiger partial charge in [0.1, 0.15) is 0 Å². The van der Waals surface area contributed by atoms with E-state index in [2.05, 4.69) is 34.7 Å². The Labute approximate surface area is 95.2 Å². The Morgan fingerprint density at radius 2 is 2.29 bits per heavy atom. The maximum Gasteiger partial charge on any atom is 0.222 e.